The van der Waals surface area contributed by atoms with Crippen LogP contribution in [0.15, 0.2) is 97.2 Å². The van der Waals surface area contributed by atoms with E-state index in [1.807, 2.05) is 42.5 Å². The van der Waals surface area contributed by atoms with Crippen LogP contribution in [-0.4, -0.2) is 58.9 Å². The predicted octanol–water partition coefficient (Wildman–Crippen LogP) is 5.27. The number of para-hydroxylation sites is 1. The second-order valence-corrected chi connectivity index (χ2v) is 11.5. The van der Waals surface area contributed by atoms with Crippen molar-refractivity contribution < 1.29 is 9.59 Å². The quantitative estimate of drug-likeness (QED) is 0.256. The van der Waals surface area contributed by atoms with Gasteiger partial charge in [-0.2, -0.15) is 0 Å². The maximum Gasteiger partial charge on any atom is 0.260 e. The summed E-state index contributed by atoms with van der Waals surface area (Å²) >= 11 is 1.32. The number of nitrogens with two attached hydrogens (primary N) is 1. The Morgan fingerprint density at radius 3 is 2.07 bits per heavy atom. The number of primary amides is 1. The molecule has 0 aliphatic carbocycles. The van der Waals surface area contributed by atoms with Crippen molar-refractivity contribution in [1.82, 2.24) is 14.4 Å². The molecule has 0 saturated carbocycles. The highest BCUT2D eigenvalue weighted by Crippen LogP contribution is 2.39. The number of rotatable bonds is 9. The van der Waals surface area contributed by atoms with E-state index in [1.54, 1.807) is 0 Å². The van der Waals surface area contributed by atoms with Gasteiger partial charge in [0.1, 0.15) is 4.88 Å². The lowest BCUT2D eigenvalue weighted by atomic mass is 10.1. The second-order valence-electron chi connectivity index (χ2n) is 10.5. The van der Waals surface area contributed by atoms with Crippen LogP contribution in [0.1, 0.15) is 20.8 Å². The minimum absolute atomic E-state index is 0.139. The van der Waals surface area contributed by atoms with Gasteiger partial charge in [0.05, 0.1) is 12.2 Å². The van der Waals surface area contributed by atoms with Crippen molar-refractivity contribution in [3.05, 3.63) is 113 Å². The molecule has 0 atom stereocenters. The number of benzene rings is 3. The zero-order valence-electron chi connectivity index (χ0n) is 22.8. The number of nitrogens with one attached hydrogen (secondary N) is 1. The number of nitrogens with zero attached hydrogens (tertiary/aromatic N) is 3. The van der Waals surface area contributed by atoms with Crippen molar-refractivity contribution in [3.63, 3.8) is 0 Å². The van der Waals surface area contributed by atoms with E-state index in [4.69, 9.17) is 5.73 Å². The van der Waals surface area contributed by atoms with Crippen LogP contribution in [0.2, 0.25) is 0 Å². The number of thiophene rings is 1. The Bertz CT molecular complexity index is 1650. The molecule has 1 saturated heterocycles. The van der Waals surface area contributed by atoms with Gasteiger partial charge in [-0.05, 0) is 23.3 Å². The molecule has 41 heavy (non-hydrogen) atoms. The molecule has 0 unspecified atom stereocenters. The second kappa shape index (κ2) is 12.1. The molecule has 6 rings (SSSR count). The minimum atomic E-state index is -0.542. The van der Waals surface area contributed by atoms with Gasteiger partial charge in [-0.3, -0.25) is 19.4 Å². The zero-order chi connectivity index (χ0) is 28.2. The van der Waals surface area contributed by atoms with Crippen LogP contribution in [0.4, 0.5) is 5.69 Å². The fourth-order valence-corrected chi connectivity index (χ4v) is 6.48. The zero-order valence-corrected chi connectivity index (χ0v) is 23.6. The number of hydrogen-bond donors (Lipinski definition) is 2. The molecule has 0 radical (unpaired) electrons. The van der Waals surface area contributed by atoms with Gasteiger partial charge in [-0.15, -0.1) is 11.3 Å². The van der Waals surface area contributed by atoms with Crippen LogP contribution >= 0.6 is 11.3 Å². The summed E-state index contributed by atoms with van der Waals surface area (Å²) in [7, 11) is 0. The third-order valence-corrected chi connectivity index (χ3v) is 8.74. The van der Waals surface area contributed by atoms with E-state index in [9.17, 15) is 9.59 Å². The Morgan fingerprint density at radius 2 is 1.39 bits per heavy atom. The van der Waals surface area contributed by atoms with Crippen LogP contribution in [0.3, 0.4) is 0 Å². The summed E-state index contributed by atoms with van der Waals surface area (Å²) in [4.78, 5) is 31.3. The molecule has 0 bridgehead atoms. The van der Waals surface area contributed by atoms with E-state index in [-0.39, 0.29) is 12.5 Å². The van der Waals surface area contributed by atoms with Crippen molar-refractivity contribution in [2.24, 2.45) is 5.73 Å². The highest BCUT2D eigenvalue weighted by molar-refractivity contribution is 7.18. The molecule has 0 spiro atoms. The summed E-state index contributed by atoms with van der Waals surface area (Å²) in [6, 6.07) is 30.9. The van der Waals surface area contributed by atoms with Gasteiger partial charge in [0, 0.05) is 66.8 Å². The van der Waals surface area contributed by atoms with Gasteiger partial charge in [0.15, 0.2) is 0 Å². The molecule has 3 heterocycles. The van der Waals surface area contributed by atoms with Gasteiger partial charge >= 0.3 is 0 Å². The number of amides is 2. The van der Waals surface area contributed by atoms with E-state index in [1.165, 1.54) is 22.5 Å². The summed E-state index contributed by atoms with van der Waals surface area (Å²) in [6.45, 7) is 5.38. The Morgan fingerprint density at radius 1 is 0.780 bits per heavy atom. The van der Waals surface area contributed by atoms with E-state index >= 15 is 0 Å². The van der Waals surface area contributed by atoms with Crippen LogP contribution in [-0.2, 0) is 17.9 Å². The third kappa shape index (κ3) is 6.25. The summed E-state index contributed by atoms with van der Waals surface area (Å²) in [5.41, 5.74) is 10.9. The fourth-order valence-electron chi connectivity index (χ4n) is 5.49. The van der Waals surface area contributed by atoms with E-state index in [2.05, 4.69) is 74.4 Å². The van der Waals surface area contributed by atoms with Gasteiger partial charge < -0.3 is 15.6 Å². The van der Waals surface area contributed by atoms with Crippen molar-refractivity contribution >= 4 is 39.7 Å². The Labute approximate surface area is 243 Å². The number of aromatic nitrogens is 1. The topological polar surface area (TPSA) is 83.6 Å². The van der Waals surface area contributed by atoms with E-state index in [0.29, 0.717) is 10.6 Å². The molecule has 5 aromatic rings. The summed E-state index contributed by atoms with van der Waals surface area (Å²) in [6.07, 6.45) is 2.12. The van der Waals surface area contributed by atoms with Crippen molar-refractivity contribution in [2.75, 3.05) is 38.0 Å². The first kappa shape index (κ1) is 27.0. The van der Waals surface area contributed by atoms with Crippen LogP contribution in [0, 0.1) is 0 Å². The third-order valence-electron chi connectivity index (χ3n) is 7.56. The minimum Gasteiger partial charge on any atom is -0.365 e. The standard InChI is InChI=1S/C33H33N5O2S/c34-33(40)32-28(35-31(39)23-37-17-15-36(16-18-37)20-24-9-3-1-4-10-24)19-30(41-32)27-22-38(21-25-11-5-2-6-12-25)29-14-8-7-13-26(27)29/h1-14,19,22H,15-18,20-21,23H2,(H2,34,40)(H,35,39). The molecule has 208 valence electrons. The summed E-state index contributed by atoms with van der Waals surface area (Å²) < 4.78 is 2.22. The number of piperazine rings is 1. The maximum atomic E-state index is 13.1. The molecular weight excluding hydrogens is 530 g/mol. The monoisotopic (exact) mass is 563 g/mol. The fraction of sp³-hybridized carbons (Fsp3) is 0.212. The average Bonchev–Trinajstić information content (AvgIpc) is 3.57. The van der Waals surface area contributed by atoms with Crippen molar-refractivity contribution in [1.29, 1.82) is 0 Å². The van der Waals surface area contributed by atoms with E-state index in [0.717, 1.165) is 60.6 Å². The molecule has 1 fully saturated rings. The molecule has 8 heteroatoms. The molecule has 2 aromatic heterocycles. The number of carbonyl (C=O) groups is 2. The van der Waals surface area contributed by atoms with Gasteiger partial charge in [-0.25, -0.2) is 0 Å². The Kier molecular flexibility index (Phi) is 7.95. The Balaban J connectivity index is 1.16. The van der Waals surface area contributed by atoms with Crippen LogP contribution < -0.4 is 11.1 Å². The highest BCUT2D eigenvalue weighted by atomic mass is 32.1. The lowest BCUT2D eigenvalue weighted by Crippen LogP contribution is -2.48. The molecule has 3 aromatic carbocycles. The summed E-state index contributed by atoms with van der Waals surface area (Å²) in [5.74, 6) is -0.682. The van der Waals surface area contributed by atoms with Gasteiger partial charge in [0.25, 0.3) is 5.91 Å². The van der Waals surface area contributed by atoms with Gasteiger partial charge in [0.2, 0.25) is 5.91 Å². The number of fused-ring (bicyclic) bond motifs is 1. The normalized spacial score (nSPS) is 14.3. The molecule has 7 nitrogen and oxygen atoms in total. The largest absolute Gasteiger partial charge is 0.365 e. The lowest BCUT2D eigenvalue weighted by Gasteiger charge is -2.34. The molecule has 2 amide bonds. The van der Waals surface area contributed by atoms with Crippen molar-refractivity contribution in [2.45, 2.75) is 13.1 Å². The molecular formula is C33H33N5O2S. The number of carbonyl (C=O) groups excluding carboxylic acids is 2. The lowest BCUT2D eigenvalue weighted by molar-refractivity contribution is -0.117. The summed E-state index contributed by atoms with van der Waals surface area (Å²) in [5, 5.41) is 4.07. The first-order chi connectivity index (χ1) is 20.0. The van der Waals surface area contributed by atoms with Crippen molar-refractivity contribution in [3.8, 4) is 10.4 Å². The van der Waals surface area contributed by atoms with Crippen LogP contribution in [0.5, 0.6) is 0 Å². The maximum absolute atomic E-state index is 13.1. The number of hydrogen-bond acceptors (Lipinski definition) is 5. The first-order valence-corrected chi connectivity index (χ1v) is 14.7. The predicted molar refractivity (Wildman–Crippen MR) is 166 cm³/mol. The Hall–Kier alpha value is -4.24. The highest BCUT2D eigenvalue weighted by Gasteiger charge is 2.22. The van der Waals surface area contributed by atoms with Crippen LogP contribution in [0.25, 0.3) is 21.3 Å². The molecule has 1 aliphatic heterocycles. The SMILES string of the molecule is NC(=O)c1sc(-c2cn(Cc3ccccc3)c3ccccc23)cc1NC(=O)CN1CCN(Cc2ccccc2)CC1. The smallest absolute Gasteiger partial charge is 0.260 e. The van der Waals surface area contributed by atoms with Gasteiger partial charge in [-0.1, -0.05) is 78.9 Å². The van der Waals surface area contributed by atoms with E-state index < -0.39 is 5.91 Å². The molecule has 1 aliphatic rings. The molecule has 3 N–H and O–H groups in total. The average molecular weight is 564 g/mol. The number of anilines is 1. The first-order valence-electron chi connectivity index (χ1n) is 13.9.